The van der Waals surface area contributed by atoms with E-state index in [0.717, 1.165) is 12.8 Å². The summed E-state index contributed by atoms with van der Waals surface area (Å²) in [6.07, 6.45) is 2.59. The van der Waals surface area contributed by atoms with E-state index in [0.29, 0.717) is 12.8 Å². The lowest BCUT2D eigenvalue weighted by Gasteiger charge is -2.49. The van der Waals surface area contributed by atoms with Crippen LogP contribution in [0.3, 0.4) is 0 Å². The number of hydrogen-bond acceptors (Lipinski definition) is 3. The number of amides is 2. The van der Waals surface area contributed by atoms with Gasteiger partial charge in [0.15, 0.2) is 0 Å². The number of fused-ring (bicyclic) bond motifs is 2. The molecule has 3 saturated carbocycles. The largest absolute Gasteiger partial charge is 0.481 e. The van der Waals surface area contributed by atoms with Crippen molar-refractivity contribution < 1.29 is 19.5 Å². The number of carboxylic acid groups (broad SMARTS) is 1. The SMILES string of the molecule is O=C1NC(=O)[C@H]2[C@@H]1C1CCC2(C(=O)O)CC1. The minimum absolute atomic E-state index is 0.206. The molecule has 2 bridgehead atoms. The molecule has 3 aliphatic carbocycles. The maximum absolute atomic E-state index is 11.7. The first-order valence-electron chi connectivity index (χ1n) is 5.64. The van der Waals surface area contributed by atoms with Crippen LogP contribution in [0.2, 0.25) is 0 Å². The summed E-state index contributed by atoms with van der Waals surface area (Å²) >= 11 is 0. The minimum Gasteiger partial charge on any atom is -0.481 e. The summed E-state index contributed by atoms with van der Waals surface area (Å²) in [5.41, 5.74) is -0.977. The highest BCUT2D eigenvalue weighted by atomic mass is 16.4. The minimum atomic E-state index is -0.977. The number of carbonyl (C=O) groups is 3. The molecule has 2 amide bonds. The number of carboxylic acids is 1. The summed E-state index contributed by atoms with van der Waals surface area (Å²) in [6.45, 7) is 0. The molecule has 1 heterocycles. The van der Waals surface area contributed by atoms with Gasteiger partial charge in [0, 0.05) is 0 Å². The van der Waals surface area contributed by atoms with Crippen LogP contribution in [-0.2, 0) is 14.4 Å². The third kappa shape index (κ3) is 0.936. The van der Waals surface area contributed by atoms with Gasteiger partial charge >= 0.3 is 5.97 Å². The van der Waals surface area contributed by atoms with Crippen molar-refractivity contribution in [3.8, 4) is 0 Å². The maximum atomic E-state index is 11.7. The van der Waals surface area contributed by atoms with Gasteiger partial charge in [0.25, 0.3) is 0 Å². The van der Waals surface area contributed by atoms with E-state index < -0.39 is 17.3 Å². The molecule has 5 heteroatoms. The van der Waals surface area contributed by atoms with Crippen LogP contribution in [0.4, 0.5) is 0 Å². The number of aliphatic carboxylic acids is 1. The van der Waals surface area contributed by atoms with Crippen molar-refractivity contribution in [1.29, 1.82) is 0 Å². The lowest BCUT2D eigenvalue weighted by Crippen LogP contribution is -2.53. The molecule has 0 aromatic rings. The first-order valence-corrected chi connectivity index (χ1v) is 5.64. The maximum Gasteiger partial charge on any atom is 0.310 e. The molecule has 5 nitrogen and oxygen atoms in total. The van der Waals surface area contributed by atoms with Crippen LogP contribution in [0.15, 0.2) is 0 Å². The Morgan fingerprint density at radius 1 is 1.25 bits per heavy atom. The topological polar surface area (TPSA) is 83.5 Å². The molecule has 0 radical (unpaired) electrons. The first-order chi connectivity index (χ1) is 7.56. The second-order valence-corrected chi connectivity index (χ2v) is 5.16. The van der Waals surface area contributed by atoms with Crippen molar-refractivity contribution in [3.63, 3.8) is 0 Å². The molecule has 4 rings (SSSR count). The fourth-order valence-corrected chi connectivity index (χ4v) is 3.85. The molecule has 0 spiro atoms. The van der Waals surface area contributed by atoms with Crippen molar-refractivity contribution in [2.45, 2.75) is 25.7 Å². The number of hydrogen-bond donors (Lipinski definition) is 2. The molecular formula is C11H13NO4. The van der Waals surface area contributed by atoms with Gasteiger partial charge in [-0.3, -0.25) is 19.7 Å². The number of rotatable bonds is 1. The Morgan fingerprint density at radius 2 is 1.88 bits per heavy atom. The monoisotopic (exact) mass is 223 g/mol. The van der Waals surface area contributed by atoms with Crippen LogP contribution in [0.25, 0.3) is 0 Å². The van der Waals surface area contributed by atoms with Gasteiger partial charge in [0.05, 0.1) is 17.3 Å². The van der Waals surface area contributed by atoms with Gasteiger partial charge in [-0.1, -0.05) is 0 Å². The summed E-state index contributed by atoms with van der Waals surface area (Å²) in [5.74, 6) is -2.34. The molecule has 4 aliphatic rings. The molecule has 1 saturated heterocycles. The first kappa shape index (κ1) is 9.81. The summed E-state index contributed by atoms with van der Waals surface area (Å²) in [6, 6.07) is 0. The van der Waals surface area contributed by atoms with Gasteiger partial charge in [0.2, 0.25) is 11.8 Å². The Balaban J connectivity index is 2.10. The van der Waals surface area contributed by atoms with Gasteiger partial charge in [-0.05, 0) is 31.6 Å². The summed E-state index contributed by atoms with van der Waals surface area (Å²) in [4.78, 5) is 34.8. The van der Waals surface area contributed by atoms with E-state index in [9.17, 15) is 19.5 Å². The van der Waals surface area contributed by atoms with Gasteiger partial charge in [-0.25, -0.2) is 0 Å². The molecule has 2 atom stereocenters. The Bertz CT molecular complexity index is 395. The molecule has 0 unspecified atom stereocenters. The average Bonchev–Trinajstić information content (AvgIpc) is 2.58. The lowest BCUT2D eigenvalue weighted by atomic mass is 9.51. The van der Waals surface area contributed by atoms with E-state index in [2.05, 4.69) is 5.32 Å². The fraction of sp³-hybridized carbons (Fsp3) is 0.727. The molecular weight excluding hydrogens is 210 g/mol. The van der Waals surface area contributed by atoms with Crippen molar-refractivity contribution in [1.82, 2.24) is 5.32 Å². The smallest absolute Gasteiger partial charge is 0.310 e. The van der Waals surface area contributed by atoms with Crippen molar-refractivity contribution in [2.24, 2.45) is 23.2 Å². The predicted molar refractivity (Wildman–Crippen MR) is 52.2 cm³/mol. The van der Waals surface area contributed by atoms with Crippen molar-refractivity contribution in [2.75, 3.05) is 0 Å². The predicted octanol–water partition coefficient (Wildman–Crippen LogP) is 0.150. The Hall–Kier alpha value is -1.39. The quantitative estimate of drug-likeness (QED) is 0.620. The highest BCUT2D eigenvalue weighted by Gasteiger charge is 2.65. The lowest BCUT2D eigenvalue weighted by molar-refractivity contribution is -0.169. The molecule has 1 aliphatic heterocycles. The second kappa shape index (κ2) is 2.84. The van der Waals surface area contributed by atoms with Crippen LogP contribution in [-0.4, -0.2) is 22.9 Å². The molecule has 16 heavy (non-hydrogen) atoms. The van der Waals surface area contributed by atoms with E-state index in [1.807, 2.05) is 0 Å². The molecule has 2 N–H and O–H groups in total. The zero-order valence-corrected chi connectivity index (χ0v) is 8.73. The van der Waals surface area contributed by atoms with Crippen LogP contribution in [0.1, 0.15) is 25.7 Å². The normalized spacial score (nSPS) is 45.4. The van der Waals surface area contributed by atoms with E-state index in [4.69, 9.17) is 0 Å². The Morgan fingerprint density at radius 3 is 2.44 bits per heavy atom. The molecule has 0 aromatic heterocycles. The zero-order valence-electron chi connectivity index (χ0n) is 8.73. The third-order valence-corrected chi connectivity index (χ3v) is 4.64. The average molecular weight is 223 g/mol. The number of nitrogens with one attached hydrogen (secondary N) is 1. The van der Waals surface area contributed by atoms with Crippen LogP contribution < -0.4 is 5.32 Å². The molecule has 86 valence electrons. The van der Waals surface area contributed by atoms with E-state index >= 15 is 0 Å². The van der Waals surface area contributed by atoms with Crippen LogP contribution >= 0.6 is 0 Å². The van der Waals surface area contributed by atoms with E-state index in [1.54, 1.807) is 0 Å². The Labute approximate surface area is 92.2 Å². The standard InChI is InChI=1S/C11H13NO4/c13-8-6-5-1-3-11(4-2-5,10(15)16)7(6)9(14)12-8/h5-7H,1-4H2,(H,15,16)(H,12,13,14)/t5?,6-,7+,11?/m0/s1. The zero-order chi connectivity index (χ0) is 11.5. The van der Waals surface area contributed by atoms with Crippen molar-refractivity contribution >= 4 is 17.8 Å². The summed E-state index contributed by atoms with van der Waals surface area (Å²) in [5, 5.41) is 11.7. The van der Waals surface area contributed by atoms with Gasteiger partial charge in [-0.2, -0.15) is 0 Å². The second-order valence-electron chi connectivity index (χ2n) is 5.16. The van der Waals surface area contributed by atoms with Gasteiger partial charge < -0.3 is 5.11 Å². The fourth-order valence-electron chi connectivity index (χ4n) is 3.85. The van der Waals surface area contributed by atoms with E-state index in [1.165, 1.54) is 0 Å². The molecule has 0 aromatic carbocycles. The summed E-state index contributed by atoms with van der Waals surface area (Å²) in [7, 11) is 0. The highest BCUT2D eigenvalue weighted by molar-refractivity contribution is 6.07. The number of carbonyl (C=O) groups excluding carboxylic acids is 2. The van der Waals surface area contributed by atoms with Crippen LogP contribution in [0, 0.1) is 23.2 Å². The van der Waals surface area contributed by atoms with Gasteiger partial charge in [0.1, 0.15) is 0 Å². The summed E-state index contributed by atoms with van der Waals surface area (Å²) < 4.78 is 0. The van der Waals surface area contributed by atoms with Crippen LogP contribution in [0.5, 0.6) is 0 Å². The highest BCUT2D eigenvalue weighted by Crippen LogP contribution is 2.58. The van der Waals surface area contributed by atoms with Gasteiger partial charge in [-0.15, -0.1) is 0 Å². The number of imide groups is 1. The molecule has 4 fully saturated rings. The van der Waals surface area contributed by atoms with Crippen molar-refractivity contribution in [3.05, 3.63) is 0 Å². The van der Waals surface area contributed by atoms with E-state index in [-0.39, 0.29) is 23.7 Å². The third-order valence-electron chi connectivity index (χ3n) is 4.64. The Kier molecular flexibility index (Phi) is 1.74.